The third-order valence-corrected chi connectivity index (χ3v) is 9.20. The van der Waals surface area contributed by atoms with Gasteiger partial charge in [0.1, 0.15) is 11.3 Å². The van der Waals surface area contributed by atoms with E-state index in [1.165, 1.54) is 22.6 Å². The second-order valence-corrected chi connectivity index (χ2v) is 12.7. The Kier molecular flexibility index (Phi) is 8.03. The van der Waals surface area contributed by atoms with Crippen LogP contribution in [0, 0.1) is 18.3 Å². The third-order valence-electron chi connectivity index (χ3n) is 9.20. The van der Waals surface area contributed by atoms with E-state index < -0.39 is 23.2 Å². The number of carbonyl (C=O) groups excluding carboxylic acids is 2. The van der Waals surface area contributed by atoms with Crippen molar-refractivity contribution in [3.8, 4) is 5.75 Å². The van der Waals surface area contributed by atoms with Gasteiger partial charge in [-0.05, 0) is 91.6 Å². The van der Waals surface area contributed by atoms with E-state index in [9.17, 15) is 22.8 Å². The number of halogens is 3. The number of aromatic nitrogens is 1. The van der Waals surface area contributed by atoms with E-state index in [1.807, 2.05) is 25.1 Å². The highest BCUT2D eigenvalue weighted by Gasteiger charge is 2.60. The monoisotopic (exact) mass is 605 g/mol. The van der Waals surface area contributed by atoms with E-state index in [0.29, 0.717) is 17.0 Å². The predicted molar refractivity (Wildman–Crippen MR) is 165 cm³/mol. The zero-order valence-electron chi connectivity index (χ0n) is 25.8. The Morgan fingerprint density at radius 1 is 0.977 bits per heavy atom. The molecule has 6 nitrogen and oxygen atoms in total. The molecule has 0 bridgehead atoms. The molecule has 1 saturated carbocycles. The van der Waals surface area contributed by atoms with E-state index in [-0.39, 0.29) is 36.1 Å². The Hall–Kier alpha value is -4.27. The zero-order chi connectivity index (χ0) is 32.0. The molecule has 2 atom stereocenters. The Bertz CT molecular complexity index is 1670. The molecule has 1 aliphatic carbocycles. The van der Waals surface area contributed by atoms with Crippen molar-refractivity contribution in [2.45, 2.75) is 65.2 Å². The maximum Gasteiger partial charge on any atom is 0.416 e. The Balaban J connectivity index is 1.43. The molecule has 1 aromatic heterocycles. The van der Waals surface area contributed by atoms with Crippen LogP contribution in [0.5, 0.6) is 5.75 Å². The summed E-state index contributed by atoms with van der Waals surface area (Å²) >= 11 is 0. The quantitative estimate of drug-likeness (QED) is 0.203. The maximum absolute atomic E-state index is 14.2. The summed E-state index contributed by atoms with van der Waals surface area (Å²) in [5.74, 6) is 0.128. The molecule has 3 aromatic carbocycles. The van der Waals surface area contributed by atoms with Crippen molar-refractivity contribution >= 4 is 28.4 Å². The summed E-state index contributed by atoms with van der Waals surface area (Å²) in [5.41, 5.74) is 2.08. The van der Waals surface area contributed by atoms with Gasteiger partial charge in [0.05, 0.1) is 12.7 Å². The van der Waals surface area contributed by atoms with Gasteiger partial charge in [0.2, 0.25) is 11.8 Å². The average Bonchev–Trinajstić information content (AvgIpc) is 3.32. The highest BCUT2D eigenvalue weighted by molar-refractivity contribution is 6.00. The standard InChI is InChI=1S/C35H38F3N3O3/c1-21-30(26-9-7-8-10-28(26)39-21)31-27(33(31,2)3)19-29(42)41(20-22-11-13-23(14-12-22)35(36,37)38)34(4,5)32(43)40-24-15-17-25(44-6)18-16-24/h7-18,27,31,39H,19-20H2,1-6H3,(H,40,43)/t27-,31-/m1/s1. The third kappa shape index (κ3) is 5.92. The van der Waals surface area contributed by atoms with Crippen LogP contribution in [0.3, 0.4) is 0 Å². The van der Waals surface area contributed by atoms with Crippen LogP contribution in [0.25, 0.3) is 10.9 Å². The number of aromatic amines is 1. The number of methoxy groups -OCH3 is 1. The van der Waals surface area contributed by atoms with Crippen LogP contribution in [0.15, 0.2) is 72.8 Å². The summed E-state index contributed by atoms with van der Waals surface area (Å²) in [6, 6.07) is 19.7. The van der Waals surface area contributed by atoms with E-state index >= 15 is 0 Å². The molecule has 2 amide bonds. The lowest BCUT2D eigenvalue weighted by atomic mass is 9.97. The Labute approximate surface area is 255 Å². The van der Waals surface area contributed by atoms with Crippen molar-refractivity contribution in [3.63, 3.8) is 0 Å². The fraction of sp³-hybridized carbons (Fsp3) is 0.371. The number of benzene rings is 3. The van der Waals surface area contributed by atoms with Crippen LogP contribution in [0.2, 0.25) is 0 Å². The minimum Gasteiger partial charge on any atom is -0.497 e. The number of carbonyl (C=O) groups is 2. The first-order valence-corrected chi connectivity index (χ1v) is 14.6. The number of nitrogens with one attached hydrogen (secondary N) is 2. The van der Waals surface area contributed by atoms with E-state index in [4.69, 9.17) is 4.74 Å². The molecule has 0 unspecified atom stereocenters. The lowest BCUT2D eigenvalue weighted by Crippen LogP contribution is -2.54. The second-order valence-electron chi connectivity index (χ2n) is 12.7. The summed E-state index contributed by atoms with van der Waals surface area (Å²) in [5, 5.41) is 4.02. The first-order chi connectivity index (χ1) is 20.6. The molecular weight excluding hydrogens is 567 g/mol. The lowest BCUT2D eigenvalue weighted by Gasteiger charge is -2.38. The van der Waals surface area contributed by atoms with Crippen LogP contribution in [-0.4, -0.2) is 34.3 Å². The Morgan fingerprint density at radius 2 is 1.61 bits per heavy atom. The van der Waals surface area contributed by atoms with Crippen molar-refractivity contribution in [1.29, 1.82) is 0 Å². The summed E-state index contributed by atoms with van der Waals surface area (Å²) in [4.78, 5) is 32.8. The molecule has 1 heterocycles. The fourth-order valence-corrected chi connectivity index (χ4v) is 6.36. The van der Waals surface area contributed by atoms with Crippen molar-refractivity contribution in [3.05, 3.63) is 95.2 Å². The first-order valence-electron chi connectivity index (χ1n) is 14.6. The van der Waals surface area contributed by atoms with Crippen LogP contribution in [-0.2, 0) is 22.3 Å². The molecule has 4 aromatic rings. The van der Waals surface area contributed by atoms with Crippen LogP contribution in [0.4, 0.5) is 18.9 Å². The molecule has 2 N–H and O–H groups in total. The number of para-hydroxylation sites is 1. The number of aryl methyl sites for hydroxylation is 1. The van der Waals surface area contributed by atoms with Gasteiger partial charge in [-0.1, -0.05) is 44.2 Å². The number of hydrogen-bond donors (Lipinski definition) is 2. The number of nitrogens with zero attached hydrogens (tertiary/aromatic N) is 1. The molecule has 0 saturated heterocycles. The average molecular weight is 606 g/mol. The molecule has 1 fully saturated rings. The molecule has 0 radical (unpaired) electrons. The van der Waals surface area contributed by atoms with Crippen molar-refractivity contribution in [2.75, 3.05) is 12.4 Å². The van der Waals surface area contributed by atoms with Gasteiger partial charge < -0.3 is 19.9 Å². The largest absolute Gasteiger partial charge is 0.497 e. The number of anilines is 1. The number of H-pyrrole nitrogens is 1. The van der Waals surface area contributed by atoms with Gasteiger partial charge in [-0.25, -0.2) is 0 Å². The van der Waals surface area contributed by atoms with E-state index in [0.717, 1.165) is 28.7 Å². The van der Waals surface area contributed by atoms with Crippen molar-refractivity contribution in [1.82, 2.24) is 9.88 Å². The summed E-state index contributed by atoms with van der Waals surface area (Å²) in [6.07, 6.45) is -4.28. The molecule has 9 heteroatoms. The number of amides is 2. The van der Waals surface area contributed by atoms with Gasteiger partial charge in [-0.15, -0.1) is 0 Å². The number of alkyl halides is 3. The number of ether oxygens (including phenoxy) is 1. The minimum absolute atomic E-state index is 0.0171. The van der Waals surface area contributed by atoms with Crippen LogP contribution in [0.1, 0.15) is 62.4 Å². The molecule has 1 aliphatic rings. The molecule has 232 valence electrons. The predicted octanol–water partition coefficient (Wildman–Crippen LogP) is 8.08. The topological polar surface area (TPSA) is 74.4 Å². The summed E-state index contributed by atoms with van der Waals surface area (Å²) < 4.78 is 44.9. The highest BCUT2D eigenvalue weighted by Crippen LogP contribution is 2.67. The van der Waals surface area contributed by atoms with Crippen LogP contribution < -0.4 is 10.1 Å². The molecule has 44 heavy (non-hydrogen) atoms. The fourth-order valence-electron chi connectivity index (χ4n) is 6.36. The van der Waals surface area contributed by atoms with Crippen LogP contribution >= 0.6 is 0 Å². The maximum atomic E-state index is 14.2. The van der Waals surface area contributed by atoms with E-state index in [1.54, 1.807) is 45.2 Å². The van der Waals surface area contributed by atoms with Crippen molar-refractivity contribution < 1.29 is 27.5 Å². The SMILES string of the molecule is COc1ccc(NC(=O)C(C)(C)N(Cc2ccc(C(F)(F)F)cc2)C(=O)C[C@@H]2[C@H](c3c(C)[nH]c4ccccc34)C2(C)C)cc1. The number of fused-ring (bicyclic) bond motifs is 1. The molecule has 0 spiro atoms. The minimum atomic E-state index is -4.47. The van der Waals surface area contributed by atoms with E-state index in [2.05, 4.69) is 30.2 Å². The number of hydrogen-bond acceptors (Lipinski definition) is 3. The smallest absolute Gasteiger partial charge is 0.416 e. The first kappa shape index (κ1) is 31.2. The van der Waals surface area contributed by atoms with Gasteiger partial charge in [-0.3, -0.25) is 9.59 Å². The lowest BCUT2D eigenvalue weighted by molar-refractivity contribution is -0.145. The number of rotatable bonds is 9. The Morgan fingerprint density at radius 3 is 2.23 bits per heavy atom. The summed E-state index contributed by atoms with van der Waals surface area (Å²) in [6.45, 7) is 9.65. The van der Waals surface area contributed by atoms with Gasteiger partial charge >= 0.3 is 6.18 Å². The summed E-state index contributed by atoms with van der Waals surface area (Å²) in [7, 11) is 1.55. The van der Waals surface area contributed by atoms with Gasteiger partial charge in [0.25, 0.3) is 0 Å². The van der Waals surface area contributed by atoms with Crippen molar-refractivity contribution in [2.24, 2.45) is 11.3 Å². The zero-order valence-corrected chi connectivity index (χ0v) is 25.8. The second kappa shape index (κ2) is 11.3. The van der Waals surface area contributed by atoms with Gasteiger partial charge in [0, 0.05) is 35.2 Å². The van der Waals surface area contributed by atoms with Gasteiger partial charge in [-0.2, -0.15) is 13.2 Å². The highest BCUT2D eigenvalue weighted by atomic mass is 19.4. The normalized spacial score (nSPS) is 17.8. The molecule has 5 rings (SSSR count). The molecule has 0 aliphatic heterocycles. The van der Waals surface area contributed by atoms with Gasteiger partial charge in [0.15, 0.2) is 0 Å². The molecular formula is C35H38F3N3O3.